The molecular weight excluding hydrogens is 337 g/mol. The number of carbonyl (C=O) groups is 1. The predicted molar refractivity (Wildman–Crippen MR) is 94.7 cm³/mol. The number of halogens is 1. The summed E-state index contributed by atoms with van der Waals surface area (Å²) in [6.45, 7) is 3.01. The fourth-order valence-corrected chi connectivity index (χ4v) is 3.33. The van der Waals surface area contributed by atoms with Gasteiger partial charge in [-0.15, -0.1) is 0 Å². The number of anilines is 2. The van der Waals surface area contributed by atoms with Gasteiger partial charge in [-0.1, -0.05) is 0 Å². The molecule has 7 heteroatoms. The number of pyridine rings is 1. The first-order valence-corrected chi connectivity index (χ1v) is 8.69. The summed E-state index contributed by atoms with van der Waals surface area (Å²) in [6, 6.07) is 9.09. The maximum Gasteiger partial charge on any atom is 0.256 e. The number of hydrogen-bond donors (Lipinski definition) is 1. The van der Waals surface area contributed by atoms with E-state index in [-0.39, 0.29) is 11.7 Å². The van der Waals surface area contributed by atoms with Gasteiger partial charge >= 0.3 is 0 Å². The summed E-state index contributed by atoms with van der Waals surface area (Å²) >= 11 is 0. The van der Waals surface area contributed by atoms with Crippen LogP contribution in [-0.2, 0) is 9.47 Å². The molecular formula is C19H20FN3O3. The summed E-state index contributed by atoms with van der Waals surface area (Å²) in [5, 5.41) is 2.72. The summed E-state index contributed by atoms with van der Waals surface area (Å²) < 4.78 is 24.4. The van der Waals surface area contributed by atoms with Crippen molar-refractivity contribution in [2.75, 3.05) is 36.5 Å². The van der Waals surface area contributed by atoms with E-state index in [2.05, 4.69) is 15.2 Å². The largest absolute Gasteiger partial charge is 0.370 e. The maximum absolute atomic E-state index is 12.9. The lowest BCUT2D eigenvalue weighted by atomic mass is 10.0. The molecule has 1 aromatic heterocycles. The molecule has 0 saturated carbocycles. The average Bonchev–Trinajstić information content (AvgIpc) is 3.12. The van der Waals surface area contributed by atoms with Crippen LogP contribution in [-0.4, -0.2) is 43.0 Å². The number of amides is 1. The Hall–Kier alpha value is -2.51. The standard InChI is InChI=1S/C19H20FN3O3/c20-15-3-1-14(2-4-15)18(24)22-17-6-5-16(13-21-17)23-9-7-19(8-10-23)25-11-12-26-19/h1-6,13H,7-12H2,(H,21,22,24). The first-order chi connectivity index (χ1) is 12.6. The van der Waals surface area contributed by atoms with Crippen LogP contribution in [0, 0.1) is 5.82 Å². The summed E-state index contributed by atoms with van der Waals surface area (Å²) in [5.74, 6) is -0.632. The van der Waals surface area contributed by atoms with Gasteiger partial charge < -0.3 is 19.7 Å². The lowest BCUT2D eigenvalue weighted by Gasteiger charge is -2.38. The van der Waals surface area contributed by atoms with Gasteiger partial charge in [0.15, 0.2) is 5.79 Å². The highest BCUT2D eigenvalue weighted by Gasteiger charge is 2.39. The lowest BCUT2D eigenvalue weighted by molar-refractivity contribution is -0.169. The first-order valence-electron chi connectivity index (χ1n) is 8.69. The third-order valence-electron chi connectivity index (χ3n) is 4.80. The van der Waals surface area contributed by atoms with Crippen molar-refractivity contribution in [2.45, 2.75) is 18.6 Å². The molecule has 2 aliphatic rings. The van der Waals surface area contributed by atoms with Crippen LogP contribution in [0.25, 0.3) is 0 Å². The van der Waals surface area contributed by atoms with Gasteiger partial charge in [-0.3, -0.25) is 4.79 Å². The molecule has 0 atom stereocenters. The number of nitrogens with zero attached hydrogens (tertiary/aromatic N) is 2. The van der Waals surface area contributed by atoms with Crippen molar-refractivity contribution >= 4 is 17.4 Å². The molecule has 136 valence electrons. The van der Waals surface area contributed by atoms with Crippen LogP contribution in [0.2, 0.25) is 0 Å². The van der Waals surface area contributed by atoms with Crippen LogP contribution < -0.4 is 10.2 Å². The van der Waals surface area contributed by atoms with E-state index in [0.29, 0.717) is 24.6 Å². The van der Waals surface area contributed by atoms with Gasteiger partial charge in [-0.2, -0.15) is 0 Å². The minimum absolute atomic E-state index is 0.319. The minimum Gasteiger partial charge on any atom is -0.370 e. The van der Waals surface area contributed by atoms with Crippen molar-refractivity contribution in [3.05, 3.63) is 54.0 Å². The second kappa shape index (κ2) is 7.01. The summed E-state index contributed by atoms with van der Waals surface area (Å²) in [6.07, 6.45) is 3.40. The van der Waals surface area contributed by atoms with E-state index in [0.717, 1.165) is 31.6 Å². The topological polar surface area (TPSA) is 63.7 Å². The average molecular weight is 357 g/mol. The Morgan fingerprint density at radius 1 is 1.08 bits per heavy atom. The van der Waals surface area contributed by atoms with Crippen molar-refractivity contribution in [1.29, 1.82) is 0 Å². The summed E-state index contributed by atoms with van der Waals surface area (Å²) in [4.78, 5) is 18.7. The molecule has 1 amide bonds. The molecule has 0 radical (unpaired) electrons. The fraction of sp³-hybridized carbons (Fsp3) is 0.368. The van der Waals surface area contributed by atoms with Crippen LogP contribution >= 0.6 is 0 Å². The summed E-state index contributed by atoms with van der Waals surface area (Å²) in [7, 11) is 0. The Kier molecular flexibility index (Phi) is 4.57. The van der Waals surface area contributed by atoms with Gasteiger partial charge in [-0.25, -0.2) is 9.37 Å². The molecule has 6 nitrogen and oxygen atoms in total. The normalized spacial score (nSPS) is 18.9. The third-order valence-corrected chi connectivity index (χ3v) is 4.80. The van der Waals surface area contributed by atoms with E-state index in [9.17, 15) is 9.18 Å². The molecule has 0 unspecified atom stereocenters. The molecule has 2 aliphatic heterocycles. The van der Waals surface area contributed by atoms with Gasteiger partial charge in [0.25, 0.3) is 5.91 Å². The van der Waals surface area contributed by atoms with Gasteiger partial charge in [0.05, 0.1) is 25.1 Å². The van der Waals surface area contributed by atoms with Gasteiger partial charge in [0.2, 0.25) is 0 Å². The number of piperidine rings is 1. The summed E-state index contributed by atoms with van der Waals surface area (Å²) in [5.41, 5.74) is 1.38. The van der Waals surface area contributed by atoms with Crippen molar-refractivity contribution < 1.29 is 18.7 Å². The zero-order valence-corrected chi connectivity index (χ0v) is 14.3. The smallest absolute Gasteiger partial charge is 0.256 e. The van der Waals surface area contributed by atoms with Crippen LogP contribution in [0.1, 0.15) is 23.2 Å². The third kappa shape index (κ3) is 3.54. The van der Waals surface area contributed by atoms with E-state index >= 15 is 0 Å². The Balaban J connectivity index is 1.36. The van der Waals surface area contributed by atoms with E-state index in [4.69, 9.17) is 9.47 Å². The minimum atomic E-state index is -0.396. The number of nitrogens with one attached hydrogen (secondary N) is 1. The second-order valence-electron chi connectivity index (χ2n) is 6.46. The molecule has 2 fully saturated rings. The molecule has 3 heterocycles. The molecule has 2 aromatic rings. The van der Waals surface area contributed by atoms with Gasteiger partial charge in [-0.05, 0) is 36.4 Å². The van der Waals surface area contributed by atoms with Crippen LogP contribution in [0.3, 0.4) is 0 Å². The van der Waals surface area contributed by atoms with E-state index in [1.54, 1.807) is 12.3 Å². The first kappa shape index (κ1) is 16.9. The lowest BCUT2D eigenvalue weighted by Crippen LogP contribution is -2.45. The van der Waals surface area contributed by atoms with Gasteiger partial charge in [0.1, 0.15) is 11.6 Å². The van der Waals surface area contributed by atoms with Crippen molar-refractivity contribution in [1.82, 2.24) is 4.98 Å². The number of carbonyl (C=O) groups excluding carboxylic acids is 1. The van der Waals surface area contributed by atoms with Crippen LogP contribution in [0.15, 0.2) is 42.6 Å². The van der Waals surface area contributed by atoms with Crippen LogP contribution in [0.4, 0.5) is 15.9 Å². The van der Waals surface area contributed by atoms with Crippen molar-refractivity contribution in [2.24, 2.45) is 0 Å². The van der Waals surface area contributed by atoms with Crippen molar-refractivity contribution in [3.63, 3.8) is 0 Å². The second-order valence-corrected chi connectivity index (χ2v) is 6.46. The number of hydrogen-bond acceptors (Lipinski definition) is 5. The quantitative estimate of drug-likeness (QED) is 0.915. The van der Waals surface area contributed by atoms with Crippen LogP contribution in [0.5, 0.6) is 0 Å². The molecule has 0 bridgehead atoms. The fourth-order valence-electron chi connectivity index (χ4n) is 3.33. The molecule has 26 heavy (non-hydrogen) atoms. The molecule has 1 N–H and O–H groups in total. The molecule has 0 aliphatic carbocycles. The zero-order chi connectivity index (χ0) is 18.0. The maximum atomic E-state index is 12.9. The molecule has 4 rings (SSSR count). The van der Waals surface area contributed by atoms with E-state index in [1.807, 2.05) is 6.07 Å². The highest BCUT2D eigenvalue weighted by Crippen LogP contribution is 2.33. The molecule has 1 aromatic carbocycles. The number of ether oxygens (including phenoxy) is 2. The zero-order valence-electron chi connectivity index (χ0n) is 14.3. The molecule has 1 spiro atoms. The van der Waals surface area contributed by atoms with E-state index < -0.39 is 5.79 Å². The SMILES string of the molecule is O=C(Nc1ccc(N2CCC3(CC2)OCCO3)cn1)c1ccc(F)cc1. The monoisotopic (exact) mass is 357 g/mol. The number of benzene rings is 1. The van der Waals surface area contributed by atoms with Crippen molar-refractivity contribution in [3.8, 4) is 0 Å². The Morgan fingerprint density at radius 3 is 2.38 bits per heavy atom. The predicted octanol–water partition coefficient (Wildman–Crippen LogP) is 2.82. The Morgan fingerprint density at radius 2 is 1.77 bits per heavy atom. The molecule has 2 saturated heterocycles. The highest BCUT2D eigenvalue weighted by molar-refractivity contribution is 6.03. The highest BCUT2D eigenvalue weighted by atomic mass is 19.1. The number of aromatic nitrogens is 1. The Bertz CT molecular complexity index is 764. The van der Waals surface area contributed by atoms with Gasteiger partial charge in [0, 0.05) is 31.5 Å². The van der Waals surface area contributed by atoms with E-state index in [1.165, 1.54) is 24.3 Å². The Labute approximate surface area is 150 Å². The number of rotatable bonds is 3.